The van der Waals surface area contributed by atoms with E-state index in [2.05, 4.69) is 6.07 Å². The van der Waals surface area contributed by atoms with Crippen molar-refractivity contribution >= 4 is 5.78 Å². The highest BCUT2D eigenvalue weighted by Gasteiger charge is 2.26. The Morgan fingerprint density at radius 1 is 1.10 bits per heavy atom. The number of hydrogen-bond acceptors (Lipinski definition) is 2. The van der Waals surface area contributed by atoms with Crippen LogP contribution >= 0.6 is 0 Å². The predicted molar refractivity (Wildman–Crippen MR) is 80.2 cm³/mol. The van der Waals surface area contributed by atoms with Gasteiger partial charge in [0.2, 0.25) is 5.78 Å². The maximum Gasteiger partial charge on any atom is 0.207 e. The van der Waals surface area contributed by atoms with E-state index < -0.39 is 0 Å². The van der Waals surface area contributed by atoms with Crippen molar-refractivity contribution in [2.45, 2.75) is 12.8 Å². The molecule has 102 valence electrons. The van der Waals surface area contributed by atoms with E-state index in [1.807, 2.05) is 66.3 Å². The molecule has 1 aliphatic carbocycles. The molecule has 1 aliphatic rings. The average Bonchev–Trinajstić information content (AvgIpc) is 2.87. The van der Waals surface area contributed by atoms with Crippen LogP contribution in [0.5, 0.6) is 0 Å². The first-order valence-electron chi connectivity index (χ1n) is 6.84. The third-order valence-electron chi connectivity index (χ3n) is 3.59. The first kappa shape index (κ1) is 12.7. The second kappa shape index (κ2) is 5.00. The zero-order valence-corrected chi connectivity index (χ0v) is 11.8. The Hall–Kier alpha value is -2.29. The number of carbonyl (C=O) groups is 1. The third-order valence-corrected chi connectivity index (χ3v) is 3.59. The number of allylic oxidation sites excluding steroid dienone is 1. The molecule has 0 saturated heterocycles. The number of ketones is 1. The summed E-state index contributed by atoms with van der Waals surface area (Å²) in [6, 6.07) is 12.1. The van der Waals surface area contributed by atoms with Crippen LogP contribution in [0.3, 0.4) is 0 Å². The van der Waals surface area contributed by atoms with Gasteiger partial charge in [-0.05, 0) is 36.6 Å². The van der Waals surface area contributed by atoms with E-state index in [1.165, 1.54) is 0 Å². The summed E-state index contributed by atoms with van der Waals surface area (Å²) in [5, 5.41) is 0. The molecule has 0 radical (unpaired) electrons. The lowest BCUT2D eigenvalue weighted by atomic mass is 9.92. The fraction of sp³-hybridized carbons (Fsp3) is 0.235. The second-order valence-electron chi connectivity index (χ2n) is 5.34. The summed E-state index contributed by atoms with van der Waals surface area (Å²) in [6.07, 6.45) is 5.69. The molecular formula is C17H18N2O. The molecule has 3 heteroatoms. The van der Waals surface area contributed by atoms with Gasteiger partial charge < -0.3 is 9.47 Å². The van der Waals surface area contributed by atoms with Gasteiger partial charge in [0.25, 0.3) is 0 Å². The van der Waals surface area contributed by atoms with Gasteiger partial charge in [-0.15, -0.1) is 0 Å². The van der Waals surface area contributed by atoms with Gasteiger partial charge in [-0.1, -0.05) is 18.2 Å². The van der Waals surface area contributed by atoms with Crippen molar-refractivity contribution in [1.82, 2.24) is 9.47 Å². The molecular weight excluding hydrogens is 248 g/mol. The smallest absolute Gasteiger partial charge is 0.207 e. The fourth-order valence-corrected chi connectivity index (χ4v) is 2.70. The summed E-state index contributed by atoms with van der Waals surface area (Å²) >= 11 is 0. The van der Waals surface area contributed by atoms with Crippen LogP contribution in [0.1, 0.15) is 22.5 Å². The van der Waals surface area contributed by atoms with Crippen molar-refractivity contribution in [2.75, 3.05) is 14.1 Å². The Bertz CT molecular complexity index is 666. The van der Waals surface area contributed by atoms with E-state index in [4.69, 9.17) is 0 Å². The van der Waals surface area contributed by atoms with Gasteiger partial charge in [-0.2, -0.15) is 0 Å². The van der Waals surface area contributed by atoms with Crippen LogP contribution < -0.4 is 0 Å². The molecule has 0 aliphatic heterocycles. The van der Waals surface area contributed by atoms with Crippen LogP contribution in [0.15, 0.2) is 54.4 Å². The number of benzene rings is 1. The maximum atomic E-state index is 12.7. The molecule has 0 spiro atoms. The average molecular weight is 266 g/mol. The topological polar surface area (TPSA) is 25.2 Å². The van der Waals surface area contributed by atoms with Crippen molar-refractivity contribution in [1.29, 1.82) is 0 Å². The van der Waals surface area contributed by atoms with Crippen molar-refractivity contribution in [2.24, 2.45) is 0 Å². The van der Waals surface area contributed by atoms with Crippen LogP contribution in [0.25, 0.3) is 5.69 Å². The van der Waals surface area contributed by atoms with E-state index in [0.717, 1.165) is 35.4 Å². The number of aryl methyl sites for hydroxylation is 1. The molecule has 0 amide bonds. The summed E-state index contributed by atoms with van der Waals surface area (Å²) in [6.45, 7) is 0. The zero-order valence-electron chi connectivity index (χ0n) is 11.8. The Morgan fingerprint density at radius 3 is 2.55 bits per heavy atom. The molecule has 3 rings (SSSR count). The van der Waals surface area contributed by atoms with E-state index >= 15 is 0 Å². The standard InChI is InChI=1S/C17H18N2O/c1-18(2)12-14-9-8-13-10-11-19(16(13)17(14)20)15-6-4-3-5-7-15/h3-7,10-12H,8-9H2,1-2H3. The number of aromatic nitrogens is 1. The fourth-order valence-electron chi connectivity index (χ4n) is 2.70. The number of fused-ring (bicyclic) bond motifs is 1. The number of hydrogen-bond donors (Lipinski definition) is 0. The van der Waals surface area contributed by atoms with Gasteiger partial charge in [0.05, 0.1) is 5.69 Å². The Morgan fingerprint density at radius 2 is 1.85 bits per heavy atom. The summed E-state index contributed by atoms with van der Waals surface area (Å²) in [4.78, 5) is 14.6. The van der Waals surface area contributed by atoms with Crippen LogP contribution in [0, 0.1) is 0 Å². The molecule has 0 N–H and O–H groups in total. The first-order chi connectivity index (χ1) is 9.66. The zero-order chi connectivity index (χ0) is 14.1. The third kappa shape index (κ3) is 2.16. The molecule has 20 heavy (non-hydrogen) atoms. The number of nitrogens with zero attached hydrogens (tertiary/aromatic N) is 2. The molecule has 1 heterocycles. The molecule has 3 nitrogen and oxygen atoms in total. The maximum absolute atomic E-state index is 12.7. The van der Waals surface area contributed by atoms with Crippen molar-refractivity contribution in [3.8, 4) is 5.69 Å². The lowest BCUT2D eigenvalue weighted by Gasteiger charge is -2.19. The van der Waals surface area contributed by atoms with Crippen LogP contribution in [-0.2, 0) is 6.42 Å². The van der Waals surface area contributed by atoms with Crippen molar-refractivity contribution in [3.05, 3.63) is 65.6 Å². The van der Waals surface area contributed by atoms with E-state index in [1.54, 1.807) is 0 Å². The molecule has 1 aromatic carbocycles. The predicted octanol–water partition coefficient (Wildman–Crippen LogP) is 3.05. The minimum atomic E-state index is 0.147. The van der Waals surface area contributed by atoms with Gasteiger partial charge >= 0.3 is 0 Å². The van der Waals surface area contributed by atoms with E-state index in [-0.39, 0.29) is 5.78 Å². The molecule has 0 unspecified atom stereocenters. The van der Waals surface area contributed by atoms with Crippen LogP contribution in [-0.4, -0.2) is 29.3 Å². The Kier molecular flexibility index (Phi) is 3.18. The monoisotopic (exact) mass is 266 g/mol. The van der Waals surface area contributed by atoms with Gasteiger partial charge in [-0.3, -0.25) is 4.79 Å². The van der Waals surface area contributed by atoms with Crippen molar-refractivity contribution < 1.29 is 4.79 Å². The first-order valence-corrected chi connectivity index (χ1v) is 6.84. The lowest BCUT2D eigenvalue weighted by Crippen LogP contribution is -2.19. The molecule has 0 saturated carbocycles. The highest BCUT2D eigenvalue weighted by atomic mass is 16.1. The number of Topliss-reactive ketones (excluding diaryl/α,β-unsaturated/α-hetero) is 1. The minimum absolute atomic E-state index is 0.147. The van der Waals surface area contributed by atoms with Gasteiger partial charge in [0.1, 0.15) is 0 Å². The van der Waals surface area contributed by atoms with Gasteiger partial charge in [-0.25, -0.2) is 0 Å². The molecule has 1 aromatic heterocycles. The van der Waals surface area contributed by atoms with Gasteiger partial charge in [0.15, 0.2) is 0 Å². The molecule has 0 fully saturated rings. The Labute approximate surface area is 119 Å². The summed E-state index contributed by atoms with van der Waals surface area (Å²) < 4.78 is 2.00. The summed E-state index contributed by atoms with van der Waals surface area (Å²) in [5.74, 6) is 0.147. The minimum Gasteiger partial charge on any atom is -0.383 e. The highest BCUT2D eigenvalue weighted by molar-refractivity contribution is 6.10. The highest BCUT2D eigenvalue weighted by Crippen LogP contribution is 2.28. The SMILES string of the molecule is CN(C)C=C1CCc2ccn(-c3ccccc3)c2C1=O. The number of para-hydroxylation sites is 1. The second-order valence-corrected chi connectivity index (χ2v) is 5.34. The molecule has 0 bridgehead atoms. The van der Waals surface area contributed by atoms with Crippen LogP contribution in [0.2, 0.25) is 0 Å². The van der Waals surface area contributed by atoms with Gasteiger partial charge in [0, 0.05) is 37.8 Å². The van der Waals surface area contributed by atoms with E-state index in [0.29, 0.717) is 0 Å². The molecule has 0 atom stereocenters. The normalized spacial score (nSPS) is 16.3. The van der Waals surface area contributed by atoms with E-state index in [9.17, 15) is 4.79 Å². The summed E-state index contributed by atoms with van der Waals surface area (Å²) in [7, 11) is 3.90. The Balaban J connectivity index is 2.08. The largest absolute Gasteiger partial charge is 0.383 e. The number of carbonyl (C=O) groups excluding carboxylic acids is 1. The van der Waals surface area contributed by atoms with Crippen LogP contribution in [0.4, 0.5) is 0 Å². The van der Waals surface area contributed by atoms with Crippen molar-refractivity contribution in [3.63, 3.8) is 0 Å². The molecule has 2 aromatic rings. The quantitative estimate of drug-likeness (QED) is 0.781. The number of rotatable bonds is 2. The summed E-state index contributed by atoms with van der Waals surface area (Å²) in [5.41, 5.74) is 3.89. The lowest BCUT2D eigenvalue weighted by molar-refractivity contribution is 0.101.